The standard InChI is InChI=1S/C2HNOTe/c3-1-4-2-5/h2H. The fourth-order valence-electron chi connectivity index (χ4n) is 0.0215. The van der Waals surface area contributed by atoms with Gasteiger partial charge in [0, 0.05) is 0 Å². The van der Waals surface area contributed by atoms with Gasteiger partial charge in [-0.05, 0) is 0 Å². The van der Waals surface area contributed by atoms with Crippen molar-refractivity contribution >= 4 is 26.1 Å². The fraction of sp³-hybridized carbons (Fsp3) is 0. The molecule has 0 amide bonds. The van der Waals surface area contributed by atoms with Crippen LogP contribution in [0.1, 0.15) is 0 Å². The van der Waals surface area contributed by atoms with Crippen LogP contribution in [0.4, 0.5) is 0 Å². The topological polar surface area (TPSA) is 33.0 Å². The quantitative estimate of drug-likeness (QED) is 0.401. The monoisotopic (exact) mass is 185 g/mol. The molecule has 0 unspecified atom stereocenters. The van der Waals surface area contributed by atoms with Crippen LogP contribution in [0, 0.1) is 11.5 Å². The zero-order valence-electron chi connectivity index (χ0n) is 2.34. The van der Waals surface area contributed by atoms with E-state index in [1.54, 1.807) is 21.8 Å². The van der Waals surface area contributed by atoms with Crippen molar-refractivity contribution in [2.24, 2.45) is 0 Å². The van der Waals surface area contributed by atoms with Crippen LogP contribution in [-0.2, 0) is 4.74 Å². The fourth-order valence-corrected chi connectivity index (χ4v) is 0.144. The molecule has 2 nitrogen and oxygen atoms in total. The Balaban J connectivity index is 2.75. The van der Waals surface area contributed by atoms with Crippen LogP contribution in [0.5, 0.6) is 0 Å². The zero-order chi connectivity index (χ0) is 4.12. The average Bonchev–Trinajstić information content (AvgIpc) is 1.41. The van der Waals surface area contributed by atoms with E-state index in [1.165, 1.54) is 10.5 Å². The van der Waals surface area contributed by atoms with E-state index in [4.69, 9.17) is 5.26 Å². The third-order valence-electron chi connectivity index (χ3n) is 0.101. The van der Waals surface area contributed by atoms with Gasteiger partial charge in [0.15, 0.2) is 0 Å². The van der Waals surface area contributed by atoms with Crippen LogP contribution < -0.4 is 0 Å². The van der Waals surface area contributed by atoms with Crippen molar-refractivity contribution in [2.75, 3.05) is 0 Å². The van der Waals surface area contributed by atoms with Gasteiger partial charge in [-0.2, -0.15) is 0 Å². The molecule has 0 fully saturated rings. The third kappa shape index (κ3) is 3.95. The Kier molecular flexibility index (Phi) is 3.91. The van der Waals surface area contributed by atoms with Gasteiger partial charge >= 0.3 is 42.3 Å². The average molecular weight is 183 g/mol. The summed E-state index contributed by atoms with van der Waals surface area (Å²) in [6.07, 6.45) is 1.46. The molecule has 0 aromatic heterocycles. The molecule has 3 heteroatoms. The van der Waals surface area contributed by atoms with Crippen LogP contribution in [0.2, 0.25) is 0 Å². The number of hydrogen-bond acceptors (Lipinski definition) is 2. The molecule has 0 rings (SSSR count). The Morgan fingerprint density at radius 3 is 2.60 bits per heavy atom. The van der Waals surface area contributed by atoms with Crippen LogP contribution in [0.3, 0.4) is 0 Å². The normalized spacial score (nSPS) is 4.60. The van der Waals surface area contributed by atoms with E-state index in [0.29, 0.717) is 0 Å². The summed E-state index contributed by atoms with van der Waals surface area (Å²) in [6.45, 7) is 0. The Morgan fingerprint density at radius 2 is 2.60 bits per heavy atom. The van der Waals surface area contributed by atoms with Gasteiger partial charge in [0.1, 0.15) is 0 Å². The number of rotatable bonds is 1. The number of ether oxygens (including phenoxy) is 1. The maximum atomic E-state index is 7.56. The molecule has 5 heavy (non-hydrogen) atoms. The number of nitrogens with zero attached hydrogens (tertiary/aromatic N) is 1. The minimum absolute atomic E-state index is 1.33. The van der Waals surface area contributed by atoms with E-state index in [2.05, 4.69) is 4.74 Å². The molecule has 0 spiro atoms. The second kappa shape index (κ2) is 3.95. The van der Waals surface area contributed by atoms with Crippen LogP contribution in [-0.4, -0.2) is 26.1 Å². The summed E-state index contributed by atoms with van der Waals surface area (Å²) < 4.78 is 5.35. The second-order valence-electron chi connectivity index (χ2n) is 0.305. The van der Waals surface area contributed by atoms with E-state index in [-0.39, 0.29) is 0 Å². The third-order valence-corrected chi connectivity index (χ3v) is 0.375. The van der Waals surface area contributed by atoms with Gasteiger partial charge < -0.3 is 0 Å². The number of nitriles is 1. The molecule has 0 aromatic carbocycles. The molecule has 0 saturated heterocycles. The SMILES string of the molecule is N#COC=[Te]. The summed E-state index contributed by atoms with van der Waals surface area (Å²) in [5, 5.41) is 7.56. The van der Waals surface area contributed by atoms with Gasteiger partial charge in [-0.15, -0.1) is 0 Å². The van der Waals surface area contributed by atoms with Crippen molar-refractivity contribution < 1.29 is 4.74 Å². The molecule has 0 aliphatic rings. The Hall–Kier alpha value is -0.0504. The first-order chi connectivity index (χ1) is 2.41. The molecule has 0 N–H and O–H groups in total. The van der Waals surface area contributed by atoms with Gasteiger partial charge in [0.05, 0.1) is 0 Å². The van der Waals surface area contributed by atoms with E-state index in [0.717, 1.165) is 0 Å². The first-order valence-corrected chi connectivity index (χ1v) is 2.24. The van der Waals surface area contributed by atoms with Crippen LogP contribution >= 0.6 is 0 Å². The molecule has 0 bridgehead atoms. The van der Waals surface area contributed by atoms with Crippen molar-refractivity contribution in [2.45, 2.75) is 0 Å². The Bertz CT molecular complexity index is 64.5. The summed E-state index contributed by atoms with van der Waals surface area (Å²) in [7, 11) is 0. The first-order valence-electron chi connectivity index (χ1n) is 0.899. The van der Waals surface area contributed by atoms with Crippen molar-refractivity contribution in [1.29, 1.82) is 5.26 Å². The Morgan fingerprint density at radius 1 is 2.00 bits per heavy atom. The van der Waals surface area contributed by atoms with Gasteiger partial charge in [-0.25, -0.2) is 0 Å². The summed E-state index contributed by atoms with van der Waals surface area (Å²) in [5.74, 6) is 0. The van der Waals surface area contributed by atoms with Crippen LogP contribution in [0.15, 0.2) is 0 Å². The van der Waals surface area contributed by atoms with E-state index < -0.39 is 0 Å². The summed E-state index contributed by atoms with van der Waals surface area (Å²) in [4.78, 5) is 0. The number of hydrogen-bond donors (Lipinski definition) is 0. The van der Waals surface area contributed by atoms with Gasteiger partial charge in [0.2, 0.25) is 0 Å². The molecular formula is C2HNOTe. The predicted molar refractivity (Wildman–Crippen MR) is 18.5 cm³/mol. The molecular weight excluding hydrogens is 182 g/mol. The van der Waals surface area contributed by atoms with E-state index >= 15 is 0 Å². The minimum atomic E-state index is 1.33. The van der Waals surface area contributed by atoms with Gasteiger partial charge in [-0.3, -0.25) is 0 Å². The summed E-state index contributed by atoms with van der Waals surface area (Å²) in [6, 6.07) is 0. The van der Waals surface area contributed by atoms with Crippen molar-refractivity contribution in [1.82, 2.24) is 0 Å². The first kappa shape index (κ1) is 4.95. The second-order valence-corrected chi connectivity index (χ2v) is 0.855. The van der Waals surface area contributed by atoms with Gasteiger partial charge in [0.25, 0.3) is 0 Å². The van der Waals surface area contributed by atoms with Crippen molar-refractivity contribution in [3.8, 4) is 6.26 Å². The predicted octanol–water partition coefficient (Wildman–Crippen LogP) is -0.588. The molecule has 0 saturated carbocycles. The molecule has 26 valence electrons. The summed E-state index contributed by atoms with van der Waals surface area (Å²) in [5.41, 5.74) is 0. The van der Waals surface area contributed by atoms with Crippen molar-refractivity contribution in [3.63, 3.8) is 0 Å². The van der Waals surface area contributed by atoms with Gasteiger partial charge in [-0.1, -0.05) is 0 Å². The molecule has 0 atom stereocenters. The molecule has 0 heterocycles. The van der Waals surface area contributed by atoms with Crippen LogP contribution in [0.25, 0.3) is 0 Å². The molecule has 0 aromatic rings. The Labute approximate surface area is 42.7 Å². The molecule has 0 aliphatic heterocycles. The maximum absolute atomic E-state index is 7.56. The summed E-state index contributed by atoms with van der Waals surface area (Å²) >= 11 is 1.58. The van der Waals surface area contributed by atoms with Crippen molar-refractivity contribution in [3.05, 3.63) is 0 Å². The molecule has 0 aliphatic carbocycles. The van der Waals surface area contributed by atoms with E-state index in [9.17, 15) is 0 Å². The zero-order valence-corrected chi connectivity index (χ0v) is 4.67. The van der Waals surface area contributed by atoms with E-state index in [1.807, 2.05) is 0 Å². The molecule has 0 radical (unpaired) electrons.